The number of benzene rings is 1. The minimum Gasteiger partial charge on any atom is -0.507 e. The first-order valence-corrected chi connectivity index (χ1v) is 5.70. The van der Waals surface area contributed by atoms with E-state index >= 15 is 0 Å². The lowest BCUT2D eigenvalue weighted by molar-refractivity contribution is 0.168. The van der Waals surface area contributed by atoms with Crippen LogP contribution in [0.1, 0.15) is 6.92 Å². The molecule has 0 atom stereocenters. The third-order valence-corrected chi connectivity index (χ3v) is 2.49. The van der Waals surface area contributed by atoms with Gasteiger partial charge >= 0.3 is 6.09 Å². The summed E-state index contributed by atoms with van der Waals surface area (Å²) in [5.74, 6) is 0.150. The molecule has 2 N–H and O–H groups in total. The second kappa shape index (κ2) is 5.50. The Bertz CT molecular complexity index is 355. The zero-order valence-corrected chi connectivity index (χ0v) is 9.43. The first kappa shape index (κ1) is 11.7. The number of nitrogens with one attached hydrogen (secondary N) is 1. The highest BCUT2D eigenvalue weighted by atomic mass is 32.2. The van der Waals surface area contributed by atoms with Crippen LogP contribution in [0.2, 0.25) is 0 Å². The number of thioether (sulfide) groups is 1. The second-order valence-electron chi connectivity index (χ2n) is 2.73. The highest BCUT2D eigenvalue weighted by molar-refractivity contribution is 7.98. The van der Waals surface area contributed by atoms with Gasteiger partial charge in [-0.25, -0.2) is 4.79 Å². The largest absolute Gasteiger partial charge is 0.507 e. The van der Waals surface area contributed by atoms with E-state index in [1.165, 1.54) is 17.8 Å². The molecule has 0 saturated carbocycles. The van der Waals surface area contributed by atoms with Gasteiger partial charge < -0.3 is 9.84 Å². The summed E-state index contributed by atoms with van der Waals surface area (Å²) in [4.78, 5) is 11.8. The summed E-state index contributed by atoms with van der Waals surface area (Å²) in [5, 5.41) is 12.0. The van der Waals surface area contributed by atoms with Gasteiger partial charge in [-0.05, 0) is 25.3 Å². The van der Waals surface area contributed by atoms with E-state index in [2.05, 4.69) is 5.32 Å². The van der Waals surface area contributed by atoms with E-state index in [0.717, 1.165) is 4.90 Å². The molecule has 0 aliphatic heterocycles. The van der Waals surface area contributed by atoms with Crippen molar-refractivity contribution in [1.29, 1.82) is 0 Å². The summed E-state index contributed by atoms with van der Waals surface area (Å²) < 4.78 is 4.71. The van der Waals surface area contributed by atoms with Crippen LogP contribution in [0, 0.1) is 0 Å². The van der Waals surface area contributed by atoms with Crippen molar-refractivity contribution < 1.29 is 14.6 Å². The highest BCUT2D eigenvalue weighted by Crippen LogP contribution is 2.29. The molecular formula is C10H13NO3S. The molecule has 1 aromatic carbocycles. The van der Waals surface area contributed by atoms with E-state index in [4.69, 9.17) is 4.74 Å². The number of anilines is 1. The van der Waals surface area contributed by atoms with Crippen LogP contribution in [0.15, 0.2) is 23.1 Å². The fraction of sp³-hybridized carbons (Fsp3) is 0.300. The van der Waals surface area contributed by atoms with Gasteiger partial charge in [-0.3, -0.25) is 5.32 Å². The summed E-state index contributed by atoms with van der Waals surface area (Å²) in [6.07, 6.45) is 1.35. The summed E-state index contributed by atoms with van der Waals surface area (Å²) in [7, 11) is 0. The Labute approximate surface area is 92.6 Å². The smallest absolute Gasteiger partial charge is 0.411 e. The zero-order chi connectivity index (χ0) is 11.3. The van der Waals surface area contributed by atoms with Crippen LogP contribution in [0.5, 0.6) is 5.75 Å². The van der Waals surface area contributed by atoms with E-state index in [1.807, 2.05) is 6.26 Å². The van der Waals surface area contributed by atoms with Crippen LogP contribution in [0.3, 0.4) is 0 Å². The molecule has 4 nitrogen and oxygen atoms in total. The SMILES string of the molecule is CCOC(=O)Nc1ccc(SC)c(O)c1. The molecule has 0 fully saturated rings. The molecule has 0 aliphatic rings. The quantitative estimate of drug-likeness (QED) is 0.779. The van der Waals surface area contributed by atoms with Gasteiger partial charge in [0.15, 0.2) is 0 Å². The molecule has 15 heavy (non-hydrogen) atoms. The van der Waals surface area contributed by atoms with Crippen LogP contribution >= 0.6 is 11.8 Å². The first-order valence-electron chi connectivity index (χ1n) is 4.48. The molecule has 0 saturated heterocycles. The van der Waals surface area contributed by atoms with Crippen LogP contribution in [-0.4, -0.2) is 24.1 Å². The number of aromatic hydroxyl groups is 1. The fourth-order valence-electron chi connectivity index (χ4n) is 1.05. The molecule has 0 heterocycles. The Hall–Kier alpha value is -1.36. The lowest BCUT2D eigenvalue weighted by atomic mass is 10.3. The normalized spacial score (nSPS) is 9.73. The maximum absolute atomic E-state index is 11.1. The van der Waals surface area contributed by atoms with Crippen LogP contribution in [0.4, 0.5) is 10.5 Å². The molecule has 0 aromatic heterocycles. The minimum absolute atomic E-state index is 0.150. The molecular weight excluding hydrogens is 214 g/mol. The lowest BCUT2D eigenvalue weighted by Crippen LogP contribution is -2.13. The van der Waals surface area contributed by atoms with Crippen molar-refractivity contribution >= 4 is 23.5 Å². The van der Waals surface area contributed by atoms with Gasteiger partial charge in [0.25, 0.3) is 0 Å². The van der Waals surface area contributed by atoms with Gasteiger partial charge in [0, 0.05) is 16.6 Å². The van der Waals surface area contributed by atoms with Crippen molar-refractivity contribution in [2.75, 3.05) is 18.2 Å². The van der Waals surface area contributed by atoms with Gasteiger partial charge in [-0.15, -0.1) is 11.8 Å². The van der Waals surface area contributed by atoms with E-state index < -0.39 is 6.09 Å². The number of phenolic OH excluding ortho intramolecular Hbond substituents is 1. The molecule has 0 aliphatic carbocycles. The molecule has 0 unspecified atom stereocenters. The van der Waals surface area contributed by atoms with Gasteiger partial charge in [0.05, 0.1) is 6.61 Å². The Morgan fingerprint density at radius 2 is 2.33 bits per heavy atom. The van der Waals surface area contributed by atoms with E-state index in [1.54, 1.807) is 19.1 Å². The van der Waals surface area contributed by atoms with Gasteiger partial charge in [-0.1, -0.05) is 0 Å². The van der Waals surface area contributed by atoms with Gasteiger partial charge in [-0.2, -0.15) is 0 Å². The predicted octanol–water partition coefficient (Wildman–Crippen LogP) is 2.68. The number of hydrogen-bond donors (Lipinski definition) is 2. The highest BCUT2D eigenvalue weighted by Gasteiger charge is 2.05. The average Bonchev–Trinajstić information content (AvgIpc) is 2.18. The molecule has 5 heteroatoms. The fourth-order valence-corrected chi connectivity index (χ4v) is 1.52. The summed E-state index contributed by atoms with van der Waals surface area (Å²) in [6.45, 7) is 2.05. The van der Waals surface area contributed by atoms with Crippen molar-refractivity contribution in [1.82, 2.24) is 0 Å². The number of hydrogen-bond acceptors (Lipinski definition) is 4. The summed E-state index contributed by atoms with van der Waals surface area (Å²) in [6, 6.07) is 4.94. The number of ether oxygens (including phenoxy) is 1. The van der Waals surface area contributed by atoms with Crippen LogP contribution in [-0.2, 0) is 4.74 Å². The van der Waals surface area contributed by atoms with Crippen molar-refractivity contribution in [2.24, 2.45) is 0 Å². The second-order valence-corrected chi connectivity index (χ2v) is 3.58. The maximum atomic E-state index is 11.1. The molecule has 1 rings (SSSR count). The number of amides is 1. The lowest BCUT2D eigenvalue weighted by Gasteiger charge is -2.07. The van der Waals surface area contributed by atoms with Crippen LogP contribution < -0.4 is 5.32 Å². The average molecular weight is 227 g/mol. The molecule has 0 bridgehead atoms. The van der Waals surface area contributed by atoms with Crippen molar-refractivity contribution in [2.45, 2.75) is 11.8 Å². The van der Waals surface area contributed by atoms with E-state index in [0.29, 0.717) is 12.3 Å². The third-order valence-electron chi connectivity index (χ3n) is 1.70. The first-order chi connectivity index (χ1) is 7.17. The molecule has 0 spiro atoms. The number of phenols is 1. The standard InChI is InChI=1S/C10H13NO3S/c1-3-14-10(13)11-7-4-5-9(15-2)8(12)6-7/h4-6,12H,3H2,1-2H3,(H,11,13). The summed E-state index contributed by atoms with van der Waals surface area (Å²) in [5.41, 5.74) is 0.517. The zero-order valence-electron chi connectivity index (χ0n) is 8.61. The Morgan fingerprint density at radius 3 is 2.87 bits per heavy atom. The Morgan fingerprint density at radius 1 is 1.60 bits per heavy atom. The predicted molar refractivity (Wildman–Crippen MR) is 60.5 cm³/mol. The van der Waals surface area contributed by atoms with Crippen molar-refractivity contribution in [3.05, 3.63) is 18.2 Å². The molecule has 1 aromatic rings. The molecule has 82 valence electrons. The maximum Gasteiger partial charge on any atom is 0.411 e. The summed E-state index contributed by atoms with van der Waals surface area (Å²) >= 11 is 1.44. The van der Waals surface area contributed by atoms with Gasteiger partial charge in [0.1, 0.15) is 5.75 Å². The van der Waals surface area contributed by atoms with Crippen molar-refractivity contribution in [3.63, 3.8) is 0 Å². The Balaban J connectivity index is 2.71. The van der Waals surface area contributed by atoms with E-state index in [9.17, 15) is 9.90 Å². The third kappa shape index (κ3) is 3.36. The monoisotopic (exact) mass is 227 g/mol. The van der Waals surface area contributed by atoms with Gasteiger partial charge in [0.2, 0.25) is 0 Å². The number of carbonyl (C=O) groups is 1. The number of carbonyl (C=O) groups excluding carboxylic acids is 1. The topological polar surface area (TPSA) is 58.6 Å². The van der Waals surface area contributed by atoms with E-state index in [-0.39, 0.29) is 5.75 Å². The molecule has 1 amide bonds. The molecule has 0 radical (unpaired) electrons. The minimum atomic E-state index is -0.520. The number of rotatable bonds is 3. The van der Waals surface area contributed by atoms with Crippen molar-refractivity contribution in [3.8, 4) is 5.75 Å². The Kier molecular flexibility index (Phi) is 4.30. The van der Waals surface area contributed by atoms with Crippen LogP contribution in [0.25, 0.3) is 0 Å².